The summed E-state index contributed by atoms with van der Waals surface area (Å²) in [6.45, 7) is 3.57. The van der Waals surface area contributed by atoms with Crippen LogP contribution in [0.2, 0.25) is 5.02 Å². The molecule has 0 unspecified atom stereocenters. The van der Waals surface area contributed by atoms with Gasteiger partial charge < -0.3 is 9.84 Å². The minimum Gasteiger partial charge on any atom is -0.506 e. The Balaban J connectivity index is 1.93. The first-order valence-electron chi connectivity index (χ1n) is 7.17. The Morgan fingerprint density at radius 3 is 2.64 bits per heavy atom. The highest BCUT2D eigenvalue weighted by atomic mass is 127. The first kappa shape index (κ1) is 20.0. The van der Waals surface area contributed by atoms with Crippen LogP contribution >= 0.6 is 50.1 Å². The molecule has 1 amide bonds. The van der Waals surface area contributed by atoms with Crippen LogP contribution in [0.3, 0.4) is 0 Å². The number of ether oxygens (including phenoxy) is 1. The molecule has 0 heterocycles. The highest BCUT2D eigenvalue weighted by Crippen LogP contribution is 2.27. The second-order valence-corrected chi connectivity index (χ2v) is 7.73. The third kappa shape index (κ3) is 5.58. The quantitative estimate of drug-likeness (QED) is 0.334. The molecule has 8 heteroatoms. The Morgan fingerprint density at radius 1 is 1.36 bits per heavy atom. The van der Waals surface area contributed by atoms with E-state index in [1.54, 1.807) is 24.3 Å². The van der Waals surface area contributed by atoms with E-state index in [0.717, 1.165) is 15.6 Å². The number of phenols is 1. The predicted octanol–water partition coefficient (Wildman–Crippen LogP) is 4.56. The maximum atomic E-state index is 11.8. The topological polar surface area (TPSA) is 70.9 Å². The molecule has 2 rings (SSSR count). The molecule has 2 aromatic rings. The number of nitrogens with zero attached hydrogens (tertiary/aromatic N) is 1. The molecule has 0 aliphatic heterocycles. The van der Waals surface area contributed by atoms with Gasteiger partial charge >= 0.3 is 0 Å². The van der Waals surface area contributed by atoms with Crippen LogP contribution < -0.4 is 10.2 Å². The van der Waals surface area contributed by atoms with E-state index in [-0.39, 0.29) is 12.4 Å². The Hall–Kier alpha value is -1.32. The molecular formula is C17H15BrClIN2O3. The number of hydrogen-bond donors (Lipinski definition) is 2. The summed E-state index contributed by atoms with van der Waals surface area (Å²) < 4.78 is 6.93. The third-order valence-corrected chi connectivity index (χ3v) is 5.11. The lowest BCUT2D eigenvalue weighted by molar-refractivity contribution is -0.123. The smallest absolute Gasteiger partial charge is 0.277 e. The Bertz CT molecular complexity index is 820. The van der Waals surface area contributed by atoms with Crippen molar-refractivity contribution < 1.29 is 14.6 Å². The highest BCUT2D eigenvalue weighted by molar-refractivity contribution is 14.1. The molecule has 0 atom stereocenters. The molecule has 0 spiro atoms. The van der Waals surface area contributed by atoms with Crippen molar-refractivity contribution in [1.29, 1.82) is 0 Å². The van der Waals surface area contributed by atoms with Gasteiger partial charge in [-0.1, -0.05) is 27.5 Å². The summed E-state index contributed by atoms with van der Waals surface area (Å²) >= 11 is 11.4. The van der Waals surface area contributed by atoms with E-state index in [1.807, 2.05) is 36.4 Å². The monoisotopic (exact) mass is 536 g/mol. The van der Waals surface area contributed by atoms with Crippen LogP contribution in [-0.2, 0) is 4.79 Å². The van der Waals surface area contributed by atoms with E-state index in [2.05, 4.69) is 26.5 Å². The summed E-state index contributed by atoms with van der Waals surface area (Å²) in [6.07, 6.45) is 1.37. The van der Waals surface area contributed by atoms with Crippen LogP contribution in [0, 0.1) is 17.4 Å². The maximum Gasteiger partial charge on any atom is 0.277 e. The largest absolute Gasteiger partial charge is 0.506 e. The number of amides is 1. The van der Waals surface area contributed by atoms with Gasteiger partial charge in [-0.25, -0.2) is 5.43 Å². The molecule has 5 nitrogen and oxygen atoms in total. The summed E-state index contributed by atoms with van der Waals surface area (Å²) in [5.74, 6) is 0.258. The van der Waals surface area contributed by atoms with Crippen molar-refractivity contribution in [1.82, 2.24) is 5.43 Å². The fourth-order valence-corrected chi connectivity index (χ4v) is 3.69. The molecule has 0 aliphatic rings. The van der Waals surface area contributed by atoms with Crippen molar-refractivity contribution in [2.45, 2.75) is 13.8 Å². The van der Waals surface area contributed by atoms with Crippen LogP contribution in [-0.4, -0.2) is 23.8 Å². The number of aryl methyl sites for hydroxylation is 2. The van der Waals surface area contributed by atoms with Gasteiger partial charge in [0.25, 0.3) is 5.91 Å². The van der Waals surface area contributed by atoms with Crippen molar-refractivity contribution in [2.75, 3.05) is 6.61 Å². The van der Waals surface area contributed by atoms with Gasteiger partial charge in [-0.15, -0.1) is 0 Å². The van der Waals surface area contributed by atoms with E-state index >= 15 is 0 Å². The van der Waals surface area contributed by atoms with Crippen molar-refractivity contribution in [3.63, 3.8) is 0 Å². The number of hydrazone groups is 1. The van der Waals surface area contributed by atoms with Gasteiger partial charge in [0.1, 0.15) is 11.5 Å². The average molecular weight is 538 g/mol. The normalized spacial score (nSPS) is 10.9. The zero-order chi connectivity index (χ0) is 18.6. The Kier molecular flexibility index (Phi) is 7.09. The van der Waals surface area contributed by atoms with Crippen molar-refractivity contribution >= 4 is 62.2 Å². The molecular weight excluding hydrogens is 522 g/mol. The molecule has 0 radical (unpaired) electrons. The average Bonchev–Trinajstić information content (AvgIpc) is 2.54. The number of benzene rings is 2. The fraction of sp³-hybridized carbons (Fsp3) is 0.176. The van der Waals surface area contributed by atoms with Crippen molar-refractivity contribution in [3.05, 3.63) is 54.0 Å². The van der Waals surface area contributed by atoms with Crippen molar-refractivity contribution in [3.8, 4) is 11.5 Å². The van der Waals surface area contributed by atoms with Crippen LogP contribution in [0.5, 0.6) is 11.5 Å². The molecule has 0 fully saturated rings. The Labute approximate surface area is 172 Å². The van der Waals surface area contributed by atoms with Gasteiger partial charge in [-0.05, 0) is 71.8 Å². The Morgan fingerprint density at radius 2 is 2.00 bits per heavy atom. The van der Waals surface area contributed by atoms with Gasteiger partial charge in [0.05, 0.1) is 9.78 Å². The first-order chi connectivity index (χ1) is 11.8. The minimum absolute atomic E-state index is 0.102. The number of carbonyl (C=O) groups is 1. The standard InChI is InChI=1S/C17H15BrClIN2O3/c1-9-3-13(4-10(2)16(9)19)25-8-15(23)22-21-7-11-5-12(18)6-14(20)17(11)24/h3-7,24H,8H2,1-2H3,(H,22,23)/b21-7-. The van der Waals surface area contributed by atoms with Crippen molar-refractivity contribution in [2.24, 2.45) is 5.10 Å². The number of phenolic OH excluding ortho intramolecular Hbond substituents is 1. The van der Waals surface area contributed by atoms with Gasteiger partial charge in [0, 0.05) is 15.1 Å². The van der Waals surface area contributed by atoms with E-state index in [9.17, 15) is 9.90 Å². The van der Waals surface area contributed by atoms with E-state index in [4.69, 9.17) is 16.3 Å². The molecule has 0 saturated carbocycles. The molecule has 0 bridgehead atoms. The lowest BCUT2D eigenvalue weighted by Gasteiger charge is -2.09. The number of rotatable bonds is 5. The van der Waals surface area contributed by atoms with Gasteiger partial charge in [0.2, 0.25) is 0 Å². The molecule has 0 aliphatic carbocycles. The molecule has 25 heavy (non-hydrogen) atoms. The van der Waals surface area contributed by atoms with Gasteiger partial charge in [-0.2, -0.15) is 5.10 Å². The summed E-state index contributed by atoms with van der Waals surface area (Å²) in [5, 5.41) is 14.5. The second-order valence-electron chi connectivity index (χ2n) is 5.28. The van der Waals surface area contributed by atoms with E-state index in [1.165, 1.54) is 6.21 Å². The zero-order valence-electron chi connectivity index (χ0n) is 13.4. The van der Waals surface area contributed by atoms with E-state index in [0.29, 0.717) is 19.9 Å². The summed E-state index contributed by atoms with van der Waals surface area (Å²) in [6, 6.07) is 7.01. The van der Waals surface area contributed by atoms with Crippen LogP contribution in [0.15, 0.2) is 33.8 Å². The van der Waals surface area contributed by atoms with Crippen LogP contribution in [0.4, 0.5) is 0 Å². The minimum atomic E-state index is -0.411. The molecule has 2 aromatic carbocycles. The molecule has 0 saturated heterocycles. The summed E-state index contributed by atoms with van der Waals surface area (Å²) in [5.41, 5.74) is 4.62. The molecule has 0 aromatic heterocycles. The lowest BCUT2D eigenvalue weighted by Crippen LogP contribution is -2.24. The number of nitrogens with one attached hydrogen (secondary N) is 1. The number of aromatic hydroxyl groups is 1. The van der Waals surface area contributed by atoms with Crippen LogP contribution in [0.25, 0.3) is 0 Å². The number of carbonyl (C=O) groups excluding carboxylic acids is 1. The maximum absolute atomic E-state index is 11.8. The predicted molar refractivity (Wildman–Crippen MR) is 111 cm³/mol. The SMILES string of the molecule is Cc1cc(OCC(=O)N/N=C\c2cc(Br)cc(I)c2O)cc(C)c1Cl. The van der Waals surface area contributed by atoms with Crippen LogP contribution in [0.1, 0.15) is 16.7 Å². The summed E-state index contributed by atoms with van der Waals surface area (Å²) in [7, 11) is 0. The summed E-state index contributed by atoms with van der Waals surface area (Å²) in [4.78, 5) is 11.8. The lowest BCUT2D eigenvalue weighted by atomic mass is 10.1. The second kappa shape index (κ2) is 8.86. The van der Waals surface area contributed by atoms with Gasteiger partial charge in [0.15, 0.2) is 6.61 Å². The fourth-order valence-electron chi connectivity index (χ4n) is 2.03. The number of halogens is 3. The third-order valence-electron chi connectivity index (χ3n) is 3.23. The molecule has 2 N–H and O–H groups in total. The van der Waals surface area contributed by atoms with E-state index < -0.39 is 5.91 Å². The highest BCUT2D eigenvalue weighted by Gasteiger charge is 2.07. The van der Waals surface area contributed by atoms with Gasteiger partial charge in [-0.3, -0.25) is 4.79 Å². The zero-order valence-corrected chi connectivity index (χ0v) is 17.9. The number of hydrogen-bond acceptors (Lipinski definition) is 4. The first-order valence-corrected chi connectivity index (χ1v) is 9.42. The molecule has 132 valence electrons.